The summed E-state index contributed by atoms with van der Waals surface area (Å²) >= 11 is 19.4. The maximum atomic E-state index is 15.3. The predicted octanol–water partition coefficient (Wildman–Crippen LogP) is 7.86. The van der Waals surface area contributed by atoms with Crippen LogP contribution in [-0.2, 0) is 30.8 Å². The number of aromatic hydroxyl groups is 1. The van der Waals surface area contributed by atoms with Crippen molar-refractivity contribution < 1.29 is 42.4 Å². The number of hydrogen-bond acceptors (Lipinski definition) is 9. The van der Waals surface area contributed by atoms with Gasteiger partial charge in [0, 0.05) is 34.3 Å². The van der Waals surface area contributed by atoms with Crippen LogP contribution in [0, 0.1) is 33.8 Å². The number of phenolic OH excluding ortho intramolecular Hbond substituents is 1. The third-order valence-electron chi connectivity index (χ3n) is 11.2. The molecule has 18 heteroatoms. The van der Waals surface area contributed by atoms with Crippen LogP contribution in [0.15, 0.2) is 90.6 Å². The molecular formula is C38H25Cl3F3N5O7. The Morgan fingerprint density at radius 1 is 0.911 bits per heavy atom. The number of nitro benzene ring substituents is 1. The number of halogens is 6. The van der Waals surface area contributed by atoms with Gasteiger partial charge in [-0.25, -0.2) is 9.88 Å². The van der Waals surface area contributed by atoms with Gasteiger partial charge >= 0.3 is 6.18 Å². The predicted molar refractivity (Wildman–Crippen MR) is 196 cm³/mol. The summed E-state index contributed by atoms with van der Waals surface area (Å²) < 4.78 is 40.4. The van der Waals surface area contributed by atoms with Gasteiger partial charge in [-0.1, -0.05) is 70.7 Å². The largest absolute Gasteiger partial charge is 0.508 e. The molecule has 0 radical (unpaired) electrons. The molecule has 4 aromatic rings. The minimum atomic E-state index is -4.79. The van der Waals surface area contributed by atoms with Crippen molar-refractivity contribution in [1.82, 2.24) is 9.99 Å². The molecular weight excluding hydrogens is 802 g/mol. The molecule has 2 aliphatic heterocycles. The quantitative estimate of drug-likeness (QED) is 0.0853. The third-order valence-corrected chi connectivity index (χ3v) is 12.0. The van der Waals surface area contributed by atoms with Crippen LogP contribution in [0.5, 0.6) is 5.75 Å². The molecule has 0 spiro atoms. The molecule has 2 saturated heterocycles. The third kappa shape index (κ3) is 5.62. The van der Waals surface area contributed by atoms with E-state index in [4.69, 9.17) is 34.8 Å². The van der Waals surface area contributed by atoms with Crippen LogP contribution < -0.4 is 10.3 Å². The van der Waals surface area contributed by atoms with E-state index in [9.17, 15) is 42.8 Å². The van der Waals surface area contributed by atoms with Gasteiger partial charge in [-0.3, -0.25) is 34.7 Å². The second-order valence-corrected chi connectivity index (χ2v) is 15.2. The van der Waals surface area contributed by atoms with Gasteiger partial charge in [0.05, 0.1) is 44.4 Å². The molecule has 2 aliphatic carbocycles. The lowest BCUT2D eigenvalue weighted by Gasteiger charge is -2.50. The van der Waals surface area contributed by atoms with E-state index in [1.165, 1.54) is 48.5 Å². The van der Waals surface area contributed by atoms with Gasteiger partial charge in [-0.15, -0.1) is 0 Å². The van der Waals surface area contributed by atoms with Gasteiger partial charge < -0.3 is 5.11 Å². The normalized spacial score (nSPS) is 25.8. The Balaban J connectivity index is 1.31. The van der Waals surface area contributed by atoms with Crippen LogP contribution in [0.1, 0.15) is 35.4 Å². The number of amides is 4. The first-order valence-electron chi connectivity index (χ1n) is 17.0. The number of carbonyl (C=O) groups is 4. The van der Waals surface area contributed by atoms with Gasteiger partial charge in [-0.05, 0) is 66.3 Å². The summed E-state index contributed by atoms with van der Waals surface area (Å²) in [5.41, 5.74) is 0.295. The number of non-ortho nitro benzene ring substituents is 1. The number of nitrogens with zero attached hydrogens (tertiary/aromatic N) is 4. The van der Waals surface area contributed by atoms with E-state index in [1.54, 1.807) is 18.2 Å². The summed E-state index contributed by atoms with van der Waals surface area (Å²) in [7, 11) is 0. The maximum Gasteiger partial charge on any atom is 0.417 e. The zero-order valence-electron chi connectivity index (χ0n) is 28.3. The van der Waals surface area contributed by atoms with Crippen LogP contribution in [0.25, 0.3) is 0 Å². The van der Waals surface area contributed by atoms with Crippen molar-refractivity contribution in [3.63, 3.8) is 0 Å². The minimum Gasteiger partial charge on any atom is -0.508 e. The Morgan fingerprint density at radius 3 is 2.30 bits per heavy atom. The molecule has 0 bridgehead atoms. The second kappa shape index (κ2) is 13.3. The lowest BCUT2D eigenvalue weighted by Crippen LogP contribution is -2.53. The SMILES string of the molecule is O=C1C2CC3C(=CCC4C(=O)N(c5cccc([N+](=O)[O-])c5)C(=O)C43)C(c3ccc(O)cc3Cl)C2(c2ccc(Cl)cc2)C(=O)N1Nc1ncc(C(F)(F)F)cc1Cl. The molecule has 3 fully saturated rings. The van der Waals surface area contributed by atoms with Crippen LogP contribution in [-0.4, -0.2) is 43.7 Å². The molecule has 4 amide bonds. The van der Waals surface area contributed by atoms with Crippen molar-refractivity contribution in [3.8, 4) is 5.75 Å². The molecule has 3 heterocycles. The van der Waals surface area contributed by atoms with E-state index in [0.717, 1.165) is 11.0 Å². The number of phenols is 1. The molecule has 1 aromatic heterocycles. The number of rotatable bonds is 6. The number of nitrogens with one attached hydrogen (secondary N) is 1. The molecule has 12 nitrogen and oxygen atoms in total. The fourth-order valence-corrected chi connectivity index (χ4v) is 9.50. The van der Waals surface area contributed by atoms with Gasteiger partial charge in [-0.2, -0.15) is 18.2 Å². The first-order chi connectivity index (χ1) is 26.5. The highest BCUT2D eigenvalue weighted by Crippen LogP contribution is 2.65. The fourth-order valence-electron chi connectivity index (χ4n) is 8.88. The highest BCUT2D eigenvalue weighted by atomic mass is 35.5. The number of hydrogen-bond donors (Lipinski definition) is 2. The van der Waals surface area contributed by atoms with Crippen LogP contribution >= 0.6 is 34.8 Å². The summed E-state index contributed by atoms with van der Waals surface area (Å²) in [6.07, 6.45) is -2.69. The van der Waals surface area contributed by atoms with Crippen molar-refractivity contribution in [3.05, 3.63) is 133 Å². The van der Waals surface area contributed by atoms with Crippen molar-refractivity contribution >= 4 is 75.6 Å². The van der Waals surface area contributed by atoms with E-state index >= 15 is 4.79 Å². The Kier molecular flexibility index (Phi) is 8.90. The topological polar surface area (TPSA) is 163 Å². The van der Waals surface area contributed by atoms with Gasteiger partial charge in [0.1, 0.15) is 5.75 Å². The van der Waals surface area contributed by atoms with Crippen LogP contribution in [0.4, 0.5) is 30.4 Å². The molecule has 3 aromatic carbocycles. The second-order valence-electron chi connectivity index (χ2n) is 13.9. The molecule has 56 heavy (non-hydrogen) atoms. The molecule has 6 atom stereocenters. The highest BCUT2D eigenvalue weighted by Gasteiger charge is 2.70. The van der Waals surface area contributed by atoms with Crippen LogP contribution in [0.2, 0.25) is 15.1 Å². The zero-order chi connectivity index (χ0) is 40.0. The van der Waals surface area contributed by atoms with Gasteiger partial charge in [0.25, 0.3) is 17.5 Å². The van der Waals surface area contributed by atoms with Gasteiger partial charge in [0.15, 0.2) is 5.82 Å². The van der Waals surface area contributed by atoms with Crippen molar-refractivity contribution in [1.29, 1.82) is 0 Å². The average Bonchev–Trinajstić information content (AvgIpc) is 3.53. The smallest absolute Gasteiger partial charge is 0.417 e. The number of imide groups is 2. The summed E-state index contributed by atoms with van der Waals surface area (Å²) in [5, 5.41) is 22.4. The van der Waals surface area contributed by atoms with Crippen molar-refractivity contribution in [2.24, 2.45) is 23.7 Å². The summed E-state index contributed by atoms with van der Waals surface area (Å²) in [5.74, 6) is -8.85. The van der Waals surface area contributed by atoms with E-state index in [2.05, 4.69) is 10.4 Å². The molecule has 6 unspecified atom stereocenters. The van der Waals surface area contributed by atoms with E-state index in [0.29, 0.717) is 39.0 Å². The summed E-state index contributed by atoms with van der Waals surface area (Å²) in [6, 6.07) is 16.0. The highest BCUT2D eigenvalue weighted by molar-refractivity contribution is 6.33. The number of hydrazine groups is 1. The van der Waals surface area contributed by atoms with Crippen molar-refractivity contribution in [2.75, 3.05) is 10.3 Å². The Morgan fingerprint density at radius 2 is 1.64 bits per heavy atom. The Hall–Kier alpha value is -5.51. The van der Waals surface area contributed by atoms with E-state index in [1.807, 2.05) is 0 Å². The minimum absolute atomic E-state index is 0.00184. The number of pyridine rings is 1. The summed E-state index contributed by atoms with van der Waals surface area (Å²) in [4.78, 5) is 74.1. The number of nitro groups is 1. The fraction of sp³-hybridized carbons (Fsp3) is 0.237. The summed E-state index contributed by atoms with van der Waals surface area (Å²) in [6.45, 7) is 0. The maximum absolute atomic E-state index is 15.3. The number of alkyl halides is 3. The number of allylic oxidation sites excluding steroid dienone is 2. The van der Waals surface area contributed by atoms with E-state index in [-0.39, 0.29) is 35.0 Å². The number of anilines is 2. The first-order valence-corrected chi connectivity index (χ1v) is 18.1. The number of aromatic nitrogens is 1. The van der Waals surface area contributed by atoms with Gasteiger partial charge in [0.2, 0.25) is 11.8 Å². The molecule has 8 rings (SSSR count). The molecule has 286 valence electrons. The van der Waals surface area contributed by atoms with Crippen LogP contribution in [0.3, 0.4) is 0 Å². The molecule has 1 saturated carbocycles. The average molecular weight is 827 g/mol. The lowest BCUT2D eigenvalue weighted by molar-refractivity contribution is -0.384. The number of benzene rings is 3. The lowest BCUT2D eigenvalue weighted by atomic mass is 9.49. The standard InChI is InChI=1S/C38H25Cl3F3N5O7/c39-19-6-4-17(5-7-19)37-27(34(52)48(36(37)54)46-32-29(41)12-18(16-45-32)38(42,43)44)15-26-23(31(37)24-9-8-22(50)14-28(24)40)10-11-25-30(26)35(53)47(33(25)51)20-2-1-3-21(13-20)49(55)56/h1-10,12-14,16,25-27,30-31,50H,11,15H2,(H,45,46). The first kappa shape index (κ1) is 37.4. The van der Waals surface area contributed by atoms with Crippen molar-refractivity contribution in [2.45, 2.75) is 30.4 Å². The number of carbonyl (C=O) groups excluding carboxylic acids is 4. The molecule has 2 N–H and O–H groups in total. The van der Waals surface area contributed by atoms with E-state index < -0.39 is 86.1 Å². The monoisotopic (exact) mass is 825 g/mol. The zero-order valence-corrected chi connectivity index (χ0v) is 30.6. The Bertz CT molecular complexity index is 2430. The number of fused-ring (bicyclic) bond motifs is 4. The Labute approximate surface area is 329 Å². The molecule has 4 aliphatic rings.